The van der Waals surface area contributed by atoms with Gasteiger partial charge >= 0.3 is 5.97 Å². The maximum Gasteiger partial charge on any atom is 0.320 e. The monoisotopic (exact) mass is 231 g/mol. The van der Waals surface area contributed by atoms with Crippen molar-refractivity contribution in [3.05, 3.63) is 47.8 Å². The fourth-order valence-electron chi connectivity index (χ4n) is 1.49. The van der Waals surface area contributed by atoms with Crippen molar-refractivity contribution in [2.75, 3.05) is 0 Å². The molecular weight excluding hydrogens is 222 g/mol. The SMILES string of the molecule is O=C(O)C(C(=O)c1ccccc1)c1c[nH]nn1. The number of aromatic amines is 1. The number of hydrogen-bond acceptors (Lipinski definition) is 4. The van der Waals surface area contributed by atoms with Crippen molar-refractivity contribution < 1.29 is 14.7 Å². The van der Waals surface area contributed by atoms with Crippen molar-refractivity contribution in [3.63, 3.8) is 0 Å². The largest absolute Gasteiger partial charge is 0.480 e. The Labute approximate surface area is 96.3 Å². The van der Waals surface area contributed by atoms with E-state index >= 15 is 0 Å². The average Bonchev–Trinajstić information content (AvgIpc) is 2.83. The number of aliphatic carboxylic acids is 1. The Kier molecular flexibility index (Phi) is 2.95. The molecule has 1 atom stereocenters. The van der Waals surface area contributed by atoms with Gasteiger partial charge in [0, 0.05) is 11.8 Å². The molecule has 0 saturated heterocycles. The zero-order valence-electron chi connectivity index (χ0n) is 8.70. The number of Topliss-reactive ketones (excluding diaryl/α,β-unsaturated/α-hetero) is 1. The molecule has 0 aliphatic carbocycles. The second-order valence-corrected chi connectivity index (χ2v) is 3.40. The fourth-order valence-corrected chi connectivity index (χ4v) is 1.49. The predicted octanol–water partition coefficient (Wildman–Crippen LogP) is 0.856. The molecule has 0 bridgehead atoms. The van der Waals surface area contributed by atoms with E-state index in [1.54, 1.807) is 30.3 Å². The Morgan fingerprint density at radius 3 is 2.47 bits per heavy atom. The number of nitrogens with one attached hydrogen (secondary N) is 1. The summed E-state index contributed by atoms with van der Waals surface area (Å²) in [6, 6.07) is 8.24. The van der Waals surface area contributed by atoms with Gasteiger partial charge in [-0.2, -0.15) is 0 Å². The Morgan fingerprint density at radius 2 is 1.94 bits per heavy atom. The van der Waals surface area contributed by atoms with Crippen LogP contribution in [0.3, 0.4) is 0 Å². The molecule has 86 valence electrons. The predicted molar refractivity (Wildman–Crippen MR) is 57.5 cm³/mol. The second-order valence-electron chi connectivity index (χ2n) is 3.40. The van der Waals surface area contributed by atoms with E-state index in [-0.39, 0.29) is 5.69 Å². The molecule has 2 rings (SSSR count). The quantitative estimate of drug-likeness (QED) is 0.600. The highest BCUT2D eigenvalue weighted by Gasteiger charge is 2.31. The normalized spacial score (nSPS) is 12.0. The summed E-state index contributed by atoms with van der Waals surface area (Å²) >= 11 is 0. The lowest BCUT2D eigenvalue weighted by molar-refractivity contribution is -0.137. The highest BCUT2D eigenvalue weighted by Crippen LogP contribution is 2.18. The van der Waals surface area contributed by atoms with Gasteiger partial charge < -0.3 is 5.11 Å². The van der Waals surface area contributed by atoms with Crippen LogP contribution in [-0.2, 0) is 4.79 Å². The Balaban J connectivity index is 2.36. The molecule has 1 aromatic heterocycles. The molecule has 6 heteroatoms. The first-order chi connectivity index (χ1) is 8.20. The van der Waals surface area contributed by atoms with Crippen LogP contribution < -0.4 is 0 Å². The first-order valence-electron chi connectivity index (χ1n) is 4.88. The van der Waals surface area contributed by atoms with Crippen LogP contribution in [0.25, 0.3) is 0 Å². The van der Waals surface area contributed by atoms with Gasteiger partial charge in [0.1, 0.15) is 5.69 Å². The molecule has 6 nitrogen and oxygen atoms in total. The highest BCUT2D eigenvalue weighted by atomic mass is 16.4. The number of H-pyrrole nitrogens is 1. The summed E-state index contributed by atoms with van der Waals surface area (Å²) in [5.74, 6) is -3.07. The summed E-state index contributed by atoms with van der Waals surface area (Å²) in [4.78, 5) is 23.1. The number of carboxylic acid groups (broad SMARTS) is 1. The van der Waals surface area contributed by atoms with E-state index in [1.807, 2.05) is 0 Å². The molecule has 1 aromatic carbocycles. The van der Waals surface area contributed by atoms with Gasteiger partial charge in [-0.15, -0.1) is 5.10 Å². The summed E-state index contributed by atoms with van der Waals surface area (Å²) in [7, 11) is 0. The third-order valence-corrected chi connectivity index (χ3v) is 2.30. The molecule has 17 heavy (non-hydrogen) atoms. The molecule has 2 N–H and O–H groups in total. The van der Waals surface area contributed by atoms with Gasteiger partial charge in [-0.25, -0.2) is 0 Å². The Bertz CT molecular complexity index is 522. The van der Waals surface area contributed by atoms with Gasteiger partial charge in [0.25, 0.3) is 0 Å². The second kappa shape index (κ2) is 4.56. The zero-order chi connectivity index (χ0) is 12.3. The third-order valence-electron chi connectivity index (χ3n) is 2.30. The van der Waals surface area contributed by atoms with E-state index in [0.29, 0.717) is 5.56 Å². The summed E-state index contributed by atoms with van der Waals surface area (Å²) in [5.41, 5.74) is 0.439. The van der Waals surface area contributed by atoms with Crippen molar-refractivity contribution in [1.29, 1.82) is 0 Å². The summed E-state index contributed by atoms with van der Waals surface area (Å²) in [6.07, 6.45) is 1.31. The van der Waals surface area contributed by atoms with E-state index in [9.17, 15) is 9.59 Å². The summed E-state index contributed by atoms with van der Waals surface area (Å²) < 4.78 is 0. The molecular formula is C11H9N3O3. The van der Waals surface area contributed by atoms with Crippen molar-refractivity contribution in [1.82, 2.24) is 15.4 Å². The van der Waals surface area contributed by atoms with Gasteiger partial charge in [-0.1, -0.05) is 35.5 Å². The molecule has 0 radical (unpaired) electrons. The number of hydrogen-bond donors (Lipinski definition) is 2. The average molecular weight is 231 g/mol. The third kappa shape index (κ3) is 2.20. The lowest BCUT2D eigenvalue weighted by Gasteiger charge is -2.07. The maximum absolute atomic E-state index is 12.0. The zero-order valence-corrected chi connectivity index (χ0v) is 8.70. The first kappa shape index (κ1) is 11.0. The topological polar surface area (TPSA) is 95.9 Å². The van der Waals surface area contributed by atoms with Gasteiger partial charge in [0.05, 0.1) is 0 Å². The van der Waals surface area contributed by atoms with Gasteiger partial charge in [0.2, 0.25) is 0 Å². The van der Waals surface area contributed by atoms with E-state index in [4.69, 9.17) is 5.11 Å². The summed E-state index contributed by atoms with van der Waals surface area (Å²) in [5, 5.41) is 18.5. The van der Waals surface area contributed by atoms with Gasteiger partial charge in [-0.05, 0) is 0 Å². The Morgan fingerprint density at radius 1 is 1.24 bits per heavy atom. The van der Waals surface area contributed by atoms with Crippen LogP contribution in [0.15, 0.2) is 36.5 Å². The number of rotatable bonds is 4. The molecule has 0 aliphatic heterocycles. The number of benzene rings is 1. The molecule has 0 saturated carbocycles. The van der Waals surface area contributed by atoms with Crippen molar-refractivity contribution >= 4 is 11.8 Å². The van der Waals surface area contributed by atoms with Crippen molar-refractivity contribution in [2.45, 2.75) is 5.92 Å². The molecule has 0 aliphatic rings. The minimum Gasteiger partial charge on any atom is -0.480 e. The van der Waals surface area contributed by atoms with Crippen LogP contribution in [0.5, 0.6) is 0 Å². The Hall–Kier alpha value is -2.50. The van der Waals surface area contributed by atoms with Gasteiger partial charge in [0.15, 0.2) is 11.7 Å². The minimum absolute atomic E-state index is 0.103. The van der Waals surface area contributed by atoms with Crippen LogP contribution in [0.1, 0.15) is 22.0 Å². The number of ketones is 1. The summed E-state index contributed by atoms with van der Waals surface area (Å²) in [6.45, 7) is 0. The van der Waals surface area contributed by atoms with Crippen LogP contribution >= 0.6 is 0 Å². The van der Waals surface area contributed by atoms with E-state index in [2.05, 4.69) is 15.4 Å². The van der Waals surface area contributed by atoms with Crippen LogP contribution in [0.2, 0.25) is 0 Å². The first-order valence-corrected chi connectivity index (χ1v) is 4.88. The van der Waals surface area contributed by atoms with Crippen LogP contribution in [0.4, 0.5) is 0 Å². The molecule has 0 amide bonds. The van der Waals surface area contributed by atoms with Crippen molar-refractivity contribution in [2.24, 2.45) is 0 Å². The minimum atomic E-state index is -1.32. The highest BCUT2D eigenvalue weighted by molar-refractivity contribution is 6.12. The molecule has 2 aromatic rings. The molecule has 1 unspecified atom stereocenters. The molecule has 0 fully saturated rings. The number of aromatic nitrogens is 3. The van der Waals surface area contributed by atoms with E-state index in [0.717, 1.165) is 0 Å². The number of carboxylic acids is 1. The fraction of sp³-hybridized carbons (Fsp3) is 0.0909. The van der Waals surface area contributed by atoms with Gasteiger partial charge in [-0.3, -0.25) is 14.7 Å². The van der Waals surface area contributed by atoms with Crippen LogP contribution in [-0.4, -0.2) is 32.3 Å². The lowest BCUT2D eigenvalue weighted by atomic mass is 9.95. The van der Waals surface area contributed by atoms with Crippen molar-refractivity contribution in [3.8, 4) is 0 Å². The lowest BCUT2D eigenvalue weighted by Crippen LogP contribution is -2.22. The maximum atomic E-state index is 12.0. The molecule has 0 spiro atoms. The smallest absolute Gasteiger partial charge is 0.320 e. The number of carbonyl (C=O) groups excluding carboxylic acids is 1. The van der Waals surface area contributed by atoms with E-state index < -0.39 is 17.7 Å². The van der Waals surface area contributed by atoms with E-state index in [1.165, 1.54) is 6.20 Å². The number of nitrogens with zero attached hydrogens (tertiary/aromatic N) is 2. The van der Waals surface area contributed by atoms with Crippen LogP contribution in [0, 0.1) is 0 Å². The standard InChI is InChI=1S/C11H9N3O3/c15-10(7-4-2-1-3-5-7)9(11(16)17)8-6-12-14-13-8/h1-6,9H,(H,16,17)(H,12,13,14). The molecule has 1 heterocycles. The number of carbonyl (C=O) groups is 2.